The van der Waals surface area contributed by atoms with Gasteiger partial charge in [0.05, 0.1) is 22.9 Å². The van der Waals surface area contributed by atoms with Gasteiger partial charge in [-0.05, 0) is 42.0 Å². The number of hydrogen-bond acceptors (Lipinski definition) is 5. The molecule has 0 aliphatic carbocycles. The molecule has 0 atom stereocenters. The van der Waals surface area contributed by atoms with Crippen molar-refractivity contribution < 1.29 is 26.8 Å². The lowest BCUT2D eigenvalue weighted by Gasteiger charge is -2.12. The average molecular weight is 507 g/mol. The number of aromatic nitrogens is 2. The fraction of sp³-hybridized carbons (Fsp3) is 0.0385. The molecule has 0 aliphatic rings. The van der Waals surface area contributed by atoms with E-state index in [4.69, 9.17) is 10.2 Å². The van der Waals surface area contributed by atoms with Crippen molar-refractivity contribution in [1.82, 2.24) is 9.97 Å². The number of benzene rings is 2. The molecule has 2 amide bonds. The number of pyridine rings is 2. The van der Waals surface area contributed by atoms with E-state index < -0.39 is 29.3 Å². The lowest BCUT2D eigenvalue weighted by molar-refractivity contribution is -0.137. The van der Waals surface area contributed by atoms with Crippen molar-refractivity contribution in [2.45, 2.75) is 6.18 Å². The summed E-state index contributed by atoms with van der Waals surface area (Å²) in [4.78, 5) is 20.7. The number of alkyl halides is 3. The van der Waals surface area contributed by atoms with Crippen molar-refractivity contribution in [2.75, 3.05) is 16.4 Å². The molecule has 4 N–H and O–H groups in total. The number of anilines is 3. The zero-order chi connectivity index (χ0) is 26.2. The molecule has 3 heterocycles. The number of nitrogens with two attached hydrogens (primary N) is 1. The van der Waals surface area contributed by atoms with Crippen molar-refractivity contribution >= 4 is 34.2 Å². The summed E-state index contributed by atoms with van der Waals surface area (Å²) in [6.07, 6.45) is 1.83. The van der Waals surface area contributed by atoms with Crippen LogP contribution < -0.4 is 16.4 Å². The molecule has 186 valence electrons. The molecule has 3 aromatic heterocycles. The zero-order valence-corrected chi connectivity index (χ0v) is 18.8. The highest BCUT2D eigenvalue weighted by Crippen LogP contribution is 2.39. The van der Waals surface area contributed by atoms with Crippen molar-refractivity contribution in [3.8, 4) is 22.3 Å². The molecular formula is C26H17F4N5O2. The van der Waals surface area contributed by atoms with Crippen LogP contribution >= 0.6 is 0 Å². The monoisotopic (exact) mass is 507 g/mol. The van der Waals surface area contributed by atoms with Gasteiger partial charge in [-0.3, -0.25) is 4.98 Å². The van der Waals surface area contributed by atoms with Gasteiger partial charge in [0.15, 0.2) is 0 Å². The van der Waals surface area contributed by atoms with Gasteiger partial charge in [0.25, 0.3) is 0 Å². The van der Waals surface area contributed by atoms with Gasteiger partial charge >= 0.3 is 12.2 Å². The number of rotatable bonds is 4. The van der Waals surface area contributed by atoms with Crippen LogP contribution in [0, 0.1) is 5.82 Å². The highest BCUT2D eigenvalue weighted by molar-refractivity contribution is 6.06. The molecule has 5 aromatic rings. The summed E-state index contributed by atoms with van der Waals surface area (Å²) in [5.41, 5.74) is 8.26. The third-order valence-electron chi connectivity index (χ3n) is 5.59. The first-order chi connectivity index (χ1) is 17.7. The minimum Gasteiger partial charge on any atom is -0.463 e. The summed E-state index contributed by atoms with van der Waals surface area (Å²) in [5.74, 6) is -0.724. The molecular weight excluding hydrogens is 490 g/mol. The first-order valence-corrected chi connectivity index (χ1v) is 10.8. The molecule has 0 aliphatic heterocycles. The number of urea groups is 1. The smallest absolute Gasteiger partial charge is 0.416 e. The fourth-order valence-electron chi connectivity index (χ4n) is 3.82. The number of carbonyl (C=O) groups excluding carboxylic acids is 1. The molecule has 0 saturated carbocycles. The van der Waals surface area contributed by atoms with Crippen LogP contribution in [0.15, 0.2) is 83.9 Å². The molecule has 0 fully saturated rings. The molecule has 37 heavy (non-hydrogen) atoms. The van der Waals surface area contributed by atoms with Gasteiger partial charge < -0.3 is 20.8 Å². The summed E-state index contributed by atoms with van der Waals surface area (Å²) >= 11 is 0. The number of carbonyl (C=O) groups is 1. The highest BCUT2D eigenvalue weighted by Gasteiger charge is 2.31. The molecule has 2 aromatic carbocycles. The van der Waals surface area contributed by atoms with Crippen LogP contribution in [-0.4, -0.2) is 16.0 Å². The Hall–Kier alpha value is -4.93. The Morgan fingerprint density at radius 3 is 2.43 bits per heavy atom. The third-order valence-corrected chi connectivity index (χ3v) is 5.59. The Labute approximate surface area is 207 Å². The normalized spacial score (nSPS) is 11.5. The number of halogens is 4. The molecule has 5 rings (SSSR count). The second-order valence-electron chi connectivity index (χ2n) is 8.00. The number of nitrogens with zero attached hydrogens (tertiary/aromatic N) is 2. The predicted molar refractivity (Wildman–Crippen MR) is 131 cm³/mol. The zero-order valence-electron chi connectivity index (χ0n) is 18.8. The summed E-state index contributed by atoms with van der Waals surface area (Å²) in [5, 5.41) is 5.17. The Morgan fingerprint density at radius 1 is 0.946 bits per heavy atom. The van der Waals surface area contributed by atoms with Crippen LogP contribution in [-0.2, 0) is 6.18 Å². The van der Waals surface area contributed by atoms with Crippen LogP contribution in [0.5, 0.6) is 0 Å². The van der Waals surface area contributed by atoms with Crippen molar-refractivity contribution in [1.29, 1.82) is 0 Å². The molecule has 0 radical (unpaired) electrons. The summed E-state index contributed by atoms with van der Waals surface area (Å²) < 4.78 is 58.5. The number of nitrogens with one attached hydrogen (secondary N) is 2. The number of fused-ring (bicyclic) bond motifs is 1. The number of nitrogen functional groups attached to an aromatic ring is 1. The van der Waals surface area contributed by atoms with Gasteiger partial charge in [-0.2, -0.15) is 13.2 Å². The Balaban J connectivity index is 1.37. The van der Waals surface area contributed by atoms with Gasteiger partial charge in [0.1, 0.15) is 17.2 Å². The lowest BCUT2D eigenvalue weighted by atomic mass is 10.0. The molecule has 0 bridgehead atoms. The van der Waals surface area contributed by atoms with Crippen molar-refractivity contribution in [2.24, 2.45) is 0 Å². The van der Waals surface area contributed by atoms with Crippen LogP contribution in [0.25, 0.3) is 33.2 Å². The van der Waals surface area contributed by atoms with Gasteiger partial charge in [-0.15, -0.1) is 0 Å². The first kappa shape index (κ1) is 23.8. The number of amides is 2. The van der Waals surface area contributed by atoms with Gasteiger partial charge in [0.2, 0.25) is 0 Å². The summed E-state index contributed by atoms with van der Waals surface area (Å²) in [7, 11) is 0. The van der Waals surface area contributed by atoms with Crippen LogP contribution in [0.4, 0.5) is 39.5 Å². The van der Waals surface area contributed by atoms with Crippen LogP contribution in [0.3, 0.4) is 0 Å². The van der Waals surface area contributed by atoms with Gasteiger partial charge in [0, 0.05) is 41.0 Å². The maximum Gasteiger partial charge on any atom is 0.416 e. The fourth-order valence-corrected chi connectivity index (χ4v) is 3.82. The third kappa shape index (κ3) is 4.79. The van der Waals surface area contributed by atoms with E-state index in [0.717, 1.165) is 11.1 Å². The van der Waals surface area contributed by atoms with E-state index in [1.807, 2.05) is 6.07 Å². The average Bonchev–Trinajstić information content (AvgIpc) is 3.32. The van der Waals surface area contributed by atoms with Crippen LogP contribution in [0.2, 0.25) is 0 Å². The second kappa shape index (κ2) is 9.26. The Morgan fingerprint density at radius 2 is 1.73 bits per heavy atom. The maximum atomic E-state index is 13.9. The van der Waals surface area contributed by atoms with E-state index in [2.05, 4.69) is 20.6 Å². The van der Waals surface area contributed by atoms with E-state index in [-0.39, 0.29) is 5.82 Å². The minimum atomic E-state index is -4.68. The standard InChI is InChI=1S/C26H17F4N5O2/c27-20-8-5-16(26(28,29)30)10-21(20)35-25(36)34-17-6-3-14(4-7-17)19-13-37-23-18(12-33-24(31)22(19)23)15-2-1-9-32-11-15/h1-13H,(H2,31,33)(H2,34,35,36). The van der Waals surface area contributed by atoms with E-state index in [1.165, 1.54) is 0 Å². The molecule has 7 nitrogen and oxygen atoms in total. The summed E-state index contributed by atoms with van der Waals surface area (Å²) in [6, 6.07) is 11.1. The highest BCUT2D eigenvalue weighted by atomic mass is 19.4. The molecule has 0 saturated heterocycles. The number of furan rings is 1. The van der Waals surface area contributed by atoms with E-state index >= 15 is 0 Å². The Kier molecular flexibility index (Phi) is 5.96. The van der Waals surface area contributed by atoms with E-state index in [9.17, 15) is 22.4 Å². The number of hydrogen-bond donors (Lipinski definition) is 3. The Bertz CT molecular complexity index is 1600. The quantitative estimate of drug-likeness (QED) is 0.229. The van der Waals surface area contributed by atoms with Gasteiger partial charge in [-0.1, -0.05) is 18.2 Å². The second-order valence-corrected chi connectivity index (χ2v) is 8.00. The minimum absolute atomic E-state index is 0.274. The maximum absolute atomic E-state index is 13.9. The predicted octanol–water partition coefficient (Wildman–Crippen LogP) is 6.94. The van der Waals surface area contributed by atoms with Gasteiger partial charge in [-0.25, -0.2) is 14.2 Å². The largest absolute Gasteiger partial charge is 0.463 e. The van der Waals surface area contributed by atoms with Crippen LogP contribution in [0.1, 0.15) is 5.56 Å². The molecule has 0 spiro atoms. The SMILES string of the molecule is Nc1ncc(-c2cccnc2)c2occ(-c3ccc(NC(=O)Nc4cc(C(F)(F)F)ccc4F)cc3)c12. The topological polar surface area (TPSA) is 106 Å². The van der Waals surface area contributed by atoms with Crippen molar-refractivity contribution in [3.05, 3.63) is 90.8 Å². The van der Waals surface area contributed by atoms with E-state index in [0.29, 0.717) is 46.0 Å². The van der Waals surface area contributed by atoms with E-state index in [1.54, 1.807) is 55.2 Å². The molecule has 11 heteroatoms. The molecule has 0 unspecified atom stereocenters. The van der Waals surface area contributed by atoms with Crippen molar-refractivity contribution in [3.63, 3.8) is 0 Å². The lowest BCUT2D eigenvalue weighted by Crippen LogP contribution is -2.20. The summed E-state index contributed by atoms with van der Waals surface area (Å²) in [6.45, 7) is 0. The first-order valence-electron chi connectivity index (χ1n) is 10.8.